The van der Waals surface area contributed by atoms with E-state index < -0.39 is 5.43 Å². The highest BCUT2D eigenvalue weighted by Crippen LogP contribution is 2.09. The summed E-state index contributed by atoms with van der Waals surface area (Å²) in [6.45, 7) is -0.250. The summed E-state index contributed by atoms with van der Waals surface area (Å²) in [6, 6.07) is 8.65. The van der Waals surface area contributed by atoms with E-state index in [1.807, 2.05) is 6.07 Å². The van der Waals surface area contributed by atoms with Crippen molar-refractivity contribution >= 4 is 23.5 Å². The number of hydrogen-bond acceptors (Lipinski definition) is 3. The fourth-order valence-electron chi connectivity index (χ4n) is 0.581. The minimum atomic E-state index is -0.814. The van der Waals surface area contributed by atoms with Crippen LogP contribution in [-0.4, -0.2) is 17.0 Å². The molecule has 1 N–H and O–H groups in total. The van der Waals surface area contributed by atoms with E-state index in [1.54, 1.807) is 24.3 Å². The minimum Gasteiger partial charge on any atom is -0.483 e. The Kier molecular flexibility index (Phi) is 6.27. The zero-order valence-electron chi connectivity index (χ0n) is 6.51. The van der Waals surface area contributed by atoms with Crippen molar-refractivity contribution in [1.29, 1.82) is 0 Å². The van der Waals surface area contributed by atoms with Crippen LogP contribution in [0.25, 0.3) is 0 Å². The smallest absolute Gasteiger partial charge is 0.409 e. The van der Waals surface area contributed by atoms with E-state index in [-0.39, 0.29) is 6.47 Å². The summed E-state index contributed by atoms with van der Waals surface area (Å²) in [5, 5.41) is 6.89. The number of rotatable bonds is 1. The number of ether oxygens (including phenoxy) is 1. The molecule has 1 aromatic rings. The Morgan fingerprint density at radius 2 is 1.85 bits per heavy atom. The molecule has 0 aromatic heterocycles. The van der Waals surface area contributed by atoms with E-state index in [0.29, 0.717) is 5.75 Å². The molecule has 1 rings (SSSR count). The Hall–Kier alpha value is -1.55. The predicted molar refractivity (Wildman–Crippen MR) is 47.0 cm³/mol. The summed E-state index contributed by atoms with van der Waals surface area (Å²) in [5.41, 5.74) is -0.814. The summed E-state index contributed by atoms with van der Waals surface area (Å²) in [5.74, 6) is 0.461. The first-order chi connectivity index (χ1) is 6.20. The largest absolute Gasteiger partial charge is 0.483 e. The normalized spacial score (nSPS) is 7.77. The summed E-state index contributed by atoms with van der Waals surface area (Å²) < 4.78 is 4.54. The minimum absolute atomic E-state index is 0.250. The van der Waals surface area contributed by atoms with E-state index in [0.717, 1.165) is 0 Å². The average Bonchev–Trinajstić information content (AvgIpc) is 2.06. The van der Waals surface area contributed by atoms with Crippen molar-refractivity contribution in [2.24, 2.45) is 0 Å². The van der Waals surface area contributed by atoms with Crippen molar-refractivity contribution in [1.82, 2.24) is 0 Å². The lowest BCUT2D eigenvalue weighted by molar-refractivity contribution is -0.122. The van der Waals surface area contributed by atoms with Crippen LogP contribution in [0.2, 0.25) is 0 Å². The molecule has 4 nitrogen and oxygen atoms in total. The third kappa shape index (κ3) is 6.83. The number of benzene rings is 1. The molecule has 0 atom stereocenters. The van der Waals surface area contributed by atoms with E-state index in [2.05, 4.69) is 4.74 Å². The number of para-hydroxylation sites is 1. The quantitative estimate of drug-likeness (QED) is 0.560. The molecular weight excluding hydrogens is 196 g/mol. The van der Waals surface area contributed by atoms with Crippen molar-refractivity contribution < 1.29 is 19.4 Å². The molecule has 5 heteroatoms. The summed E-state index contributed by atoms with van der Waals surface area (Å²) in [4.78, 5) is 18.5. The molecule has 13 heavy (non-hydrogen) atoms. The lowest BCUT2D eigenvalue weighted by Crippen LogP contribution is -1.94. The lowest BCUT2D eigenvalue weighted by atomic mass is 10.3. The van der Waals surface area contributed by atoms with Gasteiger partial charge in [-0.2, -0.15) is 0 Å². The molecule has 0 fully saturated rings. The van der Waals surface area contributed by atoms with E-state index in [9.17, 15) is 4.79 Å². The number of carbonyl (C=O) groups excluding carboxylic acids is 1. The maximum Gasteiger partial charge on any atom is 0.409 e. The van der Waals surface area contributed by atoms with Crippen molar-refractivity contribution in [3.05, 3.63) is 30.3 Å². The van der Waals surface area contributed by atoms with Gasteiger partial charge >= 0.3 is 5.43 Å². The topological polar surface area (TPSA) is 63.6 Å². The molecule has 0 spiro atoms. The molecule has 0 aliphatic carbocycles. The van der Waals surface area contributed by atoms with Crippen LogP contribution < -0.4 is 4.74 Å². The molecule has 1 aromatic carbocycles. The third-order valence-corrected chi connectivity index (χ3v) is 1.02. The zero-order valence-corrected chi connectivity index (χ0v) is 7.27. The summed E-state index contributed by atoms with van der Waals surface area (Å²) in [7, 11) is 0. The van der Waals surface area contributed by atoms with Crippen molar-refractivity contribution in [3.63, 3.8) is 0 Å². The van der Waals surface area contributed by atoms with Gasteiger partial charge in [-0.25, -0.2) is 4.79 Å². The monoisotopic (exact) mass is 202 g/mol. The van der Waals surface area contributed by atoms with Crippen LogP contribution in [0.4, 0.5) is 4.79 Å². The Balaban J connectivity index is 0.000000424. The van der Waals surface area contributed by atoms with Crippen LogP contribution in [0, 0.1) is 0 Å². The van der Waals surface area contributed by atoms with E-state index in [4.69, 9.17) is 21.5 Å². The van der Waals surface area contributed by atoms with Crippen molar-refractivity contribution in [3.8, 4) is 5.75 Å². The fourth-order valence-corrected chi connectivity index (χ4v) is 0.670. The molecule has 0 saturated carbocycles. The lowest BCUT2D eigenvalue weighted by Gasteiger charge is -1.95. The van der Waals surface area contributed by atoms with Crippen LogP contribution >= 0.6 is 11.6 Å². The van der Waals surface area contributed by atoms with Gasteiger partial charge in [-0.05, 0) is 12.1 Å². The Morgan fingerprint density at radius 1 is 1.38 bits per heavy atom. The first-order valence-electron chi connectivity index (χ1n) is 3.21. The van der Waals surface area contributed by atoms with Crippen LogP contribution in [0.1, 0.15) is 0 Å². The molecule has 70 valence electrons. The zero-order chi connectivity index (χ0) is 10.1. The second-order valence-corrected chi connectivity index (χ2v) is 2.07. The Morgan fingerprint density at radius 3 is 2.23 bits per heavy atom. The molecule has 0 amide bonds. The van der Waals surface area contributed by atoms with Crippen LogP contribution in [0.5, 0.6) is 5.75 Å². The van der Waals surface area contributed by atoms with E-state index in [1.165, 1.54) is 0 Å². The van der Waals surface area contributed by atoms with Gasteiger partial charge in [0, 0.05) is 11.6 Å². The van der Waals surface area contributed by atoms with Crippen molar-refractivity contribution in [2.75, 3.05) is 0 Å². The molecule has 0 aliphatic rings. The van der Waals surface area contributed by atoms with Gasteiger partial charge in [0.15, 0.2) is 0 Å². The van der Waals surface area contributed by atoms with Gasteiger partial charge in [0.25, 0.3) is 6.47 Å². The van der Waals surface area contributed by atoms with Gasteiger partial charge < -0.3 is 9.84 Å². The molecular formula is C8H7ClO4. The number of hydrogen-bond donors (Lipinski definition) is 1. The van der Waals surface area contributed by atoms with Gasteiger partial charge in [-0.1, -0.05) is 18.2 Å². The van der Waals surface area contributed by atoms with Gasteiger partial charge in [0.1, 0.15) is 5.75 Å². The van der Waals surface area contributed by atoms with Crippen LogP contribution in [-0.2, 0) is 4.79 Å². The number of halogens is 1. The van der Waals surface area contributed by atoms with Gasteiger partial charge in [-0.3, -0.25) is 4.79 Å². The summed E-state index contributed by atoms with van der Waals surface area (Å²) in [6.07, 6.45) is 0. The molecule has 0 bridgehead atoms. The van der Waals surface area contributed by atoms with Gasteiger partial charge in [0.2, 0.25) is 0 Å². The standard InChI is InChI=1S/C7H5ClO2.CH2O2/c8-7(9)10-6-4-2-1-3-5-6;2-1-3/h1-5H;1H,(H,2,3). The maximum absolute atomic E-state index is 10.2. The number of carboxylic acid groups (broad SMARTS) is 1. The summed E-state index contributed by atoms with van der Waals surface area (Å²) >= 11 is 4.95. The SMILES string of the molecule is O=C(Cl)Oc1ccccc1.O=CO. The van der Waals surface area contributed by atoms with Gasteiger partial charge in [-0.15, -0.1) is 0 Å². The Labute approximate surface area is 79.7 Å². The molecule has 0 unspecified atom stereocenters. The second-order valence-electron chi connectivity index (χ2n) is 1.76. The fraction of sp³-hybridized carbons (Fsp3) is 0. The number of carbonyl (C=O) groups is 2. The third-order valence-electron chi connectivity index (χ3n) is 0.941. The van der Waals surface area contributed by atoms with E-state index >= 15 is 0 Å². The first kappa shape index (κ1) is 11.4. The molecule has 0 radical (unpaired) electrons. The van der Waals surface area contributed by atoms with Crippen LogP contribution in [0.3, 0.4) is 0 Å². The Bertz CT molecular complexity index is 260. The van der Waals surface area contributed by atoms with Crippen LogP contribution in [0.15, 0.2) is 30.3 Å². The van der Waals surface area contributed by atoms with Gasteiger partial charge in [0.05, 0.1) is 0 Å². The highest BCUT2D eigenvalue weighted by Gasteiger charge is 1.95. The highest BCUT2D eigenvalue weighted by molar-refractivity contribution is 6.61. The van der Waals surface area contributed by atoms with Crippen molar-refractivity contribution in [2.45, 2.75) is 0 Å². The highest BCUT2D eigenvalue weighted by atomic mass is 35.5. The predicted octanol–water partition coefficient (Wildman–Crippen LogP) is 2.12. The second kappa shape index (κ2) is 7.12. The molecule has 0 saturated heterocycles. The average molecular weight is 203 g/mol. The maximum atomic E-state index is 10.2. The molecule has 0 aliphatic heterocycles. The first-order valence-corrected chi connectivity index (χ1v) is 3.58. The molecule has 0 heterocycles.